The molecule has 2 N–H and O–H groups in total. The monoisotopic (exact) mass is 378 g/mol. The van der Waals surface area contributed by atoms with Crippen LogP contribution < -0.4 is 40.8 Å². The van der Waals surface area contributed by atoms with Crippen LogP contribution in [0.4, 0.5) is 0 Å². The third kappa shape index (κ3) is 2.90. The van der Waals surface area contributed by atoms with E-state index >= 15 is 0 Å². The fourth-order valence-corrected chi connectivity index (χ4v) is 3.04. The second kappa shape index (κ2) is 6.34. The first-order chi connectivity index (χ1) is 13.7. The van der Waals surface area contributed by atoms with Gasteiger partial charge in [-0.25, -0.2) is 0 Å². The maximum Gasteiger partial charge on any atom is 0.272 e. The zero-order chi connectivity index (χ0) is 19.1. The van der Waals surface area contributed by atoms with E-state index in [-0.39, 0.29) is 24.3 Å². The molecule has 1 aromatic heterocycles. The molecule has 3 heterocycles. The van der Waals surface area contributed by atoms with Gasteiger partial charge in [0, 0.05) is 0 Å². The molecule has 0 saturated carbocycles. The van der Waals surface area contributed by atoms with Gasteiger partial charge in [-0.1, -0.05) is 12.1 Å². The number of hydrogen-bond donors (Lipinski definition) is 2. The molecule has 2 aromatic carbocycles. The zero-order valence-corrected chi connectivity index (χ0v) is 14.5. The van der Waals surface area contributed by atoms with E-state index in [1.54, 1.807) is 48.6 Å². The van der Waals surface area contributed by atoms with E-state index in [0.29, 0.717) is 34.1 Å². The van der Waals surface area contributed by atoms with Crippen molar-refractivity contribution in [2.75, 3.05) is 13.6 Å². The van der Waals surface area contributed by atoms with Gasteiger partial charge in [0.1, 0.15) is 10.7 Å². The van der Waals surface area contributed by atoms with Crippen molar-refractivity contribution < 1.29 is 18.9 Å². The lowest BCUT2D eigenvalue weighted by atomic mass is 10.2. The molecule has 0 amide bonds. The molecule has 0 radical (unpaired) electrons. The highest BCUT2D eigenvalue weighted by Crippen LogP contribution is 2.33. The minimum absolute atomic E-state index is 0.145. The van der Waals surface area contributed by atoms with E-state index in [1.165, 1.54) is 0 Å². The van der Waals surface area contributed by atoms with Gasteiger partial charge in [-0.2, -0.15) is 0 Å². The first-order valence-electron chi connectivity index (χ1n) is 8.51. The summed E-state index contributed by atoms with van der Waals surface area (Å²) in [5.74, 6) is 2.49. The van der Waals surface area contributed by atoms with Gasteiger partial charge in [-0.3, -0.25) is 9.59 Å². The summed E-state index contributed by atoms with van der Waals surface area (Å²) in [5, 5.41) is 0.290. The van der Waals surface area contributed by atoms with Crippen molar-refractivity contribution in [3.8, 4) is 23.0 Å². The van der Waals surface area contributed by atoms with E-state index in [1.807, 2.05) is 0 Å². The summed E-state index contributed by atoms with van der Waals surface area (Å²) >= 11 is 0. The molecule has 0 aliphatic carbocycles. The lowest BCUT2D eigenvalue weighted by molar-refractivity contribution is 0.173. The third-order valence-corrected chi connectivity index (χ3v) is 4.40. The Morgan fingerprint density at radius 1 is 0.643 bits per heavy atom. The summed E-state index contributed by atoms with van der Waals surface area (Å²) in [7, 11) is 0. The Morgan fingerprint density at radius 2 is 1.07 bits per heavy atom. The van der Waals surface area contributed by atoms with E-state index < -0.39 is 11.1 Å². The molecular formula is C20H14N2O6. The summed E-state index contributed by atoms with van der Waals surface area (Å²) in [6.07, 6.45) is 3.15. The van der Waals surface area contributed by atoms with Crippen molar-refractivity contribution in [2.24, 2.45) is 0 Å². The van der Waals surface area contributed by atoms with Crippen LogP contribution in [0.3, 0.4) is 0 Å². The number of hydrogen-bond acceptors (Lipinski definition) is 6. The van der Waals surface area contributed by atoms with Crippen LogP contribution in [-0.4, -0.2) is 23.6 Å². The highest BCUT2D eigenvalue weighted by atomic mass is 16.7. The van der Waals surface area contributed by atoms with Crippen molar-refractivity contribution in [1.82, 2.24) is 9.97 Å². The maximum atomic E-state index is 12.4. The minimum Gasteiger partial charge on any atom is -0.454 e. The molecule has 2 aliphatic heterocycles. The van der Waals surface area contributed by atoms with Crippen molar-refractivity contribution >= 4 is 12.2 Å². The molecule has 8 nitrogen and oxygen atoms in total. The third-order valence-electron chi connectivity index (χ3n) is 4.40. The summed E-state index contributed by atoms with van der Waals surface area (Å²) in [4.78, 5) is 30.1. The van der Waals surface area contributed by atoms with Crippen LogP contribution >= 0.6 is 0 Å². The zero-order valence-electron chi connectivity index (χ0n) is 14.5. The van der Waals surface area contributed by atoms with Crippen LogP contribution in [0.25, 0.3) is 12.2 Å². The van der Waals surface area contributed by atoms with Gasteiger partial charge in [-0.05, 0) is 47.5 Å². The van der Waals surface area contributed by atoms with Gasteiger partial charge >= 0.3 is 0 Å². The Bertz CT molecular complexity index is 1220. The number of aromatic amines is 2. The molecule has 5 rings (SSSR count). The van der Waals surface area contributed by atoms with Crippen molar-refractivity contribution in [3.63, 3.8) is 0 Å². The molecule has 3 aromatic rings. The summed E-state index contributed by atoms with van der Waals surface area (Å²) in [6.45, 7) is 0.335. The van der Waals surface area contributed by atoms with Crippen LogP contribution in [-0.2, 0) is 0 Å². The molecule has 0 bridgehead atoms. The molecular weight excluding hydrogens is 364 g/mol. The smallest absolute Gasteiger partial charge is 0.272 e. The van der Waals surface area contributed by atoms with Crippen LogP contribution in [0.15, 0.2) is 46.0 Å². The fourth-order valence-electron chi connectivity index (χ4n) is 3.04. The highest BCUT2D eigenvalue weighted by Gasteiger charge is 2.13. The van der Waals surface area contributed by atoms with Gasteiger partial charge < -0.3 is 28.9 Å². The standard InChI is InChI=1S/C20H14N2O6/c23-19-13(5-11-1-3-15-17(7-11)27-9-25-15)21-20(24)14(22-19)6-12-2-4-16-18(8-12)28-10-26-16/h1-8H,9-10H2,(H,21,24)(H,22,23)/b13-5+,14-6+. The van der Waals surface area contributed by atoms with Crippen molar-refractivity contribution in [2.45, 2.75) is 0 Å². The second-order valence-corrected chi connectivity index (χ2v) is 6.25. The second-order valence-electron chi connectivity index (χ2n) is 6.25. The fraction of sp³-hybridized carbons (Fsp3) is 0.100. The van der Waals surface area contributed by atoms with E-state index in [2.05, 4.69) is 9.97 Å². The normalized spacial score (nSPS) is 15.3. The summed E-state index contributed by atoms with van der Waals surface area (Å²) in [6, 6.07) is 10.5. The number of fused-ring (bicyclic) bond motifs is 2. The molecule has 8 heteroatoms. The Kier molecular flexibility index (Phi) is 3.68. The predicted molar refractivity (Wildman–Crippen MR) is 99.2 cm³/mol. The van der Waals surface area contributed by atoms with Gasteiger partial charge in [0.05, 0.1) is 0 Å². The Balaban J connectivity index is 1.56. The maximum absolute atomic E-state index is 12.4. The van der Waals surface area contributed by atoms with Crippen molar-refractivity contribution in [1.29, 1.82) is 0 Å². The molecule has 140 valence electrons. The largest absolute Gasteiger partial charge is 0.454 e. The first kappa shape index (κ1) is 16.2. The van der Waals surface area contributed by atoms with E-state index in [9.17, 15) is 9.59 Å². The lowest BCUT2D eigenvalue weighted by Gasteiger charge is -1.98. The van der Waals surface area contributed by atoms with Gasteiger partial charge in [-0.15, -0.1) is 0 Å². The Labute approximate surface area is 157 Å². The molecule has 2 aliphatic rings. The van der Waals surface area contributed by atoms with E-state index in [4.69, 9.17) is 18.9 Å². The molecule has 0 fully saturated rings. The number of rotatable bonds is 2. The van der Waals surface area contributed by atoms with Crippen molar-refractivity contribution in [3.05, 3.63) is 78.9 Å². The summed E-state index contributed by atoms with van der Waals surface area (Å²) in [5.41, 5.74) is 0.587. The quantitative estimate of drug-likeness (QED) is 0.660. The summed E-state index contributed by atoms with van der Waals surface area (Å²) < 4.78 is 21.2. The number of ether oxygens (including phenoxy) is 4. The van der Waals surface area contributed by atoms with Gasteiger partial charge in [0.2, 0.25) is 13.6 Å². The lowest BCUT2D eigenvalue weighted by Crippen LogP contribution is -2.46. The molecule has 0 saturated heterocycles. The molecule has 0 unspecified atom stereocenters. The first-order valence-corrected chi connectivity index (χ1v) is 8.51. The topological polar surface area (TPSA) is 103 Å². The number of nitrogens with one attached hydrogen (secondary N) is 2. The Morgan fingerprint density at radius 3 is 1.54 bits per heavy atom. The average molecular weight is 378 g/mol. The van der Waals surface area contributed by atoms with Gasteiger partial charge in [0.15, 0.2) is 23.0 Å². The average Bonchev–Trinajstić information content (AvgIpc) is 3.34. The number of aromatic nitrogens is 2. The minimum atomic E-state index is -0.413. The molecule has 28 heavy (non-hydrogen) atoms. The van der Waals surface area contributed by atoms with Crippen LogP contribution in [0, 0.1) is 0 Å². The SMILES string of the molecule is O=c1[nH]/c(=C/c2ccc3c(c2)OCO3)c(=O)[nH]/c1=C/c1ccc2c(c1)OCO2. The van der Waals surface area contributed by atoms with Crippen LogP contribution in [0.5, 0.6) is 23.0 Å². The molecule has 0 atom stereocenters. The number of benzene rings is 2. The predicted octanol–water partition coefficient (Wildman–Crippen LogP) is 0.178. The highest BCUT2D eigenvalue weighted by molar-refractivity contribution is 5.57. The van der Waals surface area contributed by atoms with Crippen LogP contribution in [0.1, 0.15) is 11.1 Å². The van der Waals surface area contributed by atoms with Crippen LogP contribution in [0.2, 0.25) is 0 Å². The Hall–Kier alpha value is -3.94. The van der Waals surface area contributed by atoms with Gasteiger partial charge in [0.25, 0.3) is 11.1 Å². The molecule has 0 spiro atoms. The van der Waals surface area contributed by atoms with E-state index in [0.717, 1.165) is 0 Å². The number of H-pyrrole nitrogens is 2.